The zero-order valence-corrected chi connectivity index (χ0v) is 20.0. The summed E-state index contributed by atoms with van der Waals surface area (Å²) in [6.45, 7) is -0.882. The van der Waals surface area contributed by atoms with Gasteiger partial charge in [0.05, 0.1) is 12.6 Å². The second kappa shape index (κ2) is 13.5. The number of amides is 3. The number of hydrogen-bond donors (Lipinski definition) is 9. The zero-order chi connectivity index (χ0) is 26.8. The van der Waals surface area contributed by atoms with E-state index in [-0.39, 0.29) is 12.2 Å². The molecule has 196 valence electrons. The third-order valence-electron chi connectivity index (χ3n) is 5.34. The number of aliphatic carboxylic acids is 2. The molecule has 0 saturated heterocycles. The summed E-state index contributed by atoms with van der Waals surface area (Å²) in [6.07, 6.45) is 0.768. The van der Waals surface area contributed by atoms with E-state index in [2.05, 4.69) is 33.6 Å². The van der Waals surface area contributed by atoms with E-state index >= 15 is 0 Å². The van der Waals surface area contributed by atoms with Crippen molar-refractivity contribution < 1.29 is 39.3 Å². The van der Waals surface area contributed by atoms with E-state index in [9.17, 15) is 34.2 Å². The molecule has 9 N–H and O–H groups in total. The number of aromatic amines is 1. The molecule has 0 aliphatic rings. The second-order valence-corrected chi connectivity index (χ2v) is 8.35. The number of nitrogens with one attached hydrogen (secondary N) is 4. The van der Waals surface area contributed by atoms with Crippen LogP contribution in [0.5, 0.6) is 0 Å². The number of fused-ring (bicyclic) bond motifs is 1. The van der Waals surface area contributed by atoms with Crippen LogP contribution in [0.2, 0.25) is 0 Å². The summed E-state index contributed by atoms with van der Waals surface area (Å²) < 4.78 is 0. The maximum atomic E-state index is 13.1. The number of carbonyl (C=O) groups is 5. The van der Waals surface area contributed by atoms with E-state index in [1.807, 2.05) is 18.2 Å². The Hall–Kier alpha value is -3.62. The number of benzene rings is 1. The van der Waals surface area contributed by atoms with Crippen LogP contribution in [0, 0.1) is 0 Å². The van der Waals surface area contributed by atoms with Crippen molar-refractivity contribution in [2.24, 2.45) is 5.73 Å². The second-order valence-electron chi connectivity index (χ2n) is 7.99. The molecule has 2 aromatic rings. The number of aliphatic hydroxyl groups is 1. The molecule has 1 aromatic heterocycles. The van der Waals surface area contributed by atoms with Gasteiger partial charge in [-0.15, -0.1) is 0 Å². The Labute approximate surface area is 211 Å². The van der Waals surface area contributed by atoms with Crippen LogP contribution in [0.25, 0.3) is 10.9 Å². The number of nitrogens with two attached hydrogens (primary N) is 1. The van der Waals surface area contributed by atoms with Gasteiger partial charge in [-0.05, 0) is 18.1 Å². The van der Waals surface area contributed by atoms with Crippen molar-refractivity contribution in [1.29, 1.82) is 0 Å². The molecule has 0 radical (unpaired) electrons. The van der Waals surface area contributed by atoms with E-state index in [0.29, 0.717) is 5.56 Å². The number of aromatic nitrogens is 1. The molecule has 3 amide bonds. The minimum absolute atomic E-state index is 0.0109. The first-order valence-corrected chi connectivity index (χ1v) is 11.6. The van der Waals surface area contributed by atoms with Crippen molar-refractivity contribution in [2.75, 3.05) is 12.4 Å². The van der Waals surface area contributed by atoms with E-state index in [1.165, 1.54) is 0 Å². The number of thiol groups is 1. The van der Waals surface area contributed by atoms with E-state index < -0.39 is 73.3 Å². The van der Waals surface area contributed by atoms with Gasteiger partial charge >= 0.3 is 11.9 Å². The lowest BCUT2D eigenvalue weighted by Gasteiger charge is -2.24. The van der Waals surface area contributed by atoms with Crippen LogP contribution in [0.1, 0.15) is 18.4 Å². The monoisotopic (exact) mass is 523 g/mol. The number of carboxylic acid groups (broad SMARTS) is 2. The molecular formula is C22H29N5O8S. The van der Waals surface area contributed by atoms with Gasteiger partial charge in [0.15, 0.2) is 0 Å². The average molecular weight is 524 g/mol. The van der Waals surface area contributed by atoms with Gasteiger partial charge in [-0.1, -0.05) is 18.2 Å². The molecule has 1 heterocycles. The molecule has 13 nitrogen and oxygen atoms in total. The Morgan fingerprint density at radius 2 is 1.56 bits per heavy atom. The van der Waals surface area contributed by atoms with Gasteiger partial charge in [-0.2, -0.15) is 12.6 Å². The standard InChI is InChI=1S/C22H29N5O8S/c23-13(10-36)19(31)26-16(7-11-8-24-14-4-2-1-3-12(11)14)20(32)27-17(9-28)21(33)25-15(22(34)35)5-6-18(29)30/h1-4,8,13,15-17,24,28,36H,5-7,9-10,23H2,(H,25,33)(H,26,31)(H,27,32)(H,29,30)(H,34,35). The molecule has 1 aromatic carbocycles. The normalized spacial score (nSPS) is 14.3. The highest BCUT2D eigenvalue weighted by molar-refractivity contribution is 7.80. The van der Waals surface area contributed by atoms with Crippen molar-refractivity contribution in [3.63, 3.8) is 0 Å². The van der Waals surface area contributed by atoms with Crippen LogP contribution < -0.4 is 21.7 Å². The van der Waals surface area contributed by atoms with Crippen molar-refractivity contribution in [3.8, 4) is 0 Å². The molecule has 0 saturated carbocycles. The first-order valence-electron chi connectivity index (χ1n) is 10.9. The Balaban J connectivity index is 2.19. The van der Waals surface area contributed by atoms with Crippen LogP contribution in [0.15, 0.2) is 30.5 Å². The van der Waals surface area contributed by atoms with Crippen LogP contribution in [-0.4, -0.2) is 86.5 Å². The molecule has 36 heavy (non-hydrogen) atoms. The molecule has 0 bridgehead atoms. The first kappa shape index (κ1) is 28.6. The number of carbonyl (C=O) groups excluding carboxylic acids is 3. The molecule has 0 aliphatic heterocycles. The molecular weight excluding hydrogens is 494 g/mol. The van der Waals surface area contributed by atoms with Crippen molar-refractivity contribution >= 4 is 53.2 Å². The van der Waals surface area contributed by atoms with Gasteiger partial charge in [0.2, 0.25) is 17.7 Å². The number of para-hydroxylation sites is 1. The Morgan fingerprint density at radius 1 is 0.944 bits per heavy atom. The predicted molar refractivity (Wildman–Crippen MR) is 131 cm³/mol. The summed E-state index contributed by atoms with van der Waals surface area (Å²) in [4.78, 5) is 63.2. The maximum absolute atomic E-state index is 13.1. The number of carboxylic acids is 2. The highest BCUT2D eigenvalue weighted by atomic mass is 32.1. The van der Waals surface area contributed by atoms with E-state index in [1.54, 1.807) is 12.3 Å². The van der Waals surface area contributed by atoms with Crippen LogP contribution in [0.4, 0.5) is 0 Å². The predicted octanol–water partition coefficient (Wildman–Crippen LogP) is -1.64. The molecule has 4 unspecified atom stereocenters. The minimum atomic E-state index is -1.56. The van der Waals surface area contributed by atoms with Crippen LogP contribution in [0.3, 0.4) is 0 Å². The highest BCUT2D eigenvalue weighted by Crippen LogP contribution is 2.19. The summed E-state index contributed by atoms with van der Waals surface area (Å²) in [5, 5.41) is 35.4. The molecule has 0 spiro atoms. The number of rotatable bonds is 14. The van der Waals surface area contributed by atoms with Gasteiger partial charge in [-0.25, -0.2) is 4.79 Å². The quantitative estimate of drug-likeness (QED) is 0.129. The molecule has 14 heteroatoms. The topological polar surface area (TPSA) is 224 Å². The fraction of sp³-hybridized carbons (Fsp3) is 0.409. The SMILES string of the molecule is NC(CS)C(=O)NC(Cc1c[nH]c2ccccc12)C(=O)NC(CO)C(=O)NC(CCC(=O)O)C(=O)O. The number of aliphatic hydroxyl groups excluding tert-OH is 1. The van der Waals surface area contributed by atoms with Gasteiger partial charge in [0.25, 0.3) is 0 Å². The fourth-order valence-corrected chi connectivity index (χ4v) is 3.52. The van der Waals surface area contributed by atoms with Crippen molar-refractivity contribution in [1.82, 2.24) is 20.9 Å². The van der Waals surface area contributed by atoms with Crippen molar-refractivity contribution in [3.05, 3.63) is 36.0 Å². The molecule has 4 atom stereocenters. The van der Waals surface area contributed by atoms with Gasteiger partial charge in [-0.3, -0.25) is 19.2 Å². The molecule has 2 rings (SSSR count). The third kappa shape index (κ3) is 7.96. The largest absolute Gasteiger partial charge is 0.481 e. The van der Waals surface area contributed by atoms with E-state index in [0.717, 1.165) is 10.9 Å². The van der Waals surface area contributed by atoms with Gasteiger partial charge in [0, 0.05) is 35.7 Å². The van der Waals surface area contributed by atoms with Gasteiger partial charge < -0.3 is 42.0 Å². The lowest BCUT2D eigenvalue weighted by atomic mass is 10.0. The van der Waals surface area contributed by atoms with Crippen LogP contribution >= 0.6 is 12.6 Å². The molecule has 0 fully saturated rings. The fourth-order valence-electron chi connectivity index (χ4n) is 3.36. The van der Waals surface area contributed by atoms with Gasteiger partial charge in [0.1, 0.15) is 18.1 Å². The number of H-pyrrole nitrogens is 1. The lowest BCUT2D eigenvalue weighted by Crippen LogP contribution is -2.58. The number of hydrogen-bond acceptors (Lipinski definition) is 8. The zero-order valence-electron chi connectivity index (χ0n) is 19.1. The van der Waals surface area contributed by atoms with Crippen molar-refractivity contribution in [2.45, 2.75) is 43.4 Å². The Bertz CT molecular complexity index is 1110. The summed E-state index contributed by atoms with van der Waals surface area (Å²) in [5.74, 6) is -5.23. The summed E-state index contributed by atoms with van der Waals surface area (Å²) in [6, 6.07) is 1.97. The Morgan fingerprint density at radius 3 is 2.17 bits per heavy atom. The van der Waals surface area contributed by atoms with Crippen LogP contribution in [-0.2, 0) is 30.4 Å². The average Bonchev–Trinajstić information content (AvgIpc) is 3.26. The lowest BCUT2D eigenvalue weighted by molar-refractivity contribution is -0.143. The van der Waals surface area contributed by atoms with E-state index in [4.69, 9.17) is 10.8 Å². The minimum Gasteiger partial charge on any atom is -0.481 e. The highest BCUT2D eigenvalue weighted by Gasteiger charge is 2.30. The first-order chi connectivity index (χ1) is 17.1. The molecule has 0 aliphatic carbocycles. The maximum Gasteiger partial charge on any atom is 0.326 e. The smallest absolute Gasteiger partial charge is 0.326 e. The Kier molecular flexibility index (Phi) is 10.7. The summed E-state index contributed by atoms with van der Waals surface area (Å²) in [5.41, 5.74) is 7.20. The third-order valence-corrected chi connectivity index (χ3v) is 5.74. The summed E-state index contributed by atoms with van der Waals surface area (Å²) >= 11 is 3.98. The summed E-state index contributed by atoms with van der Waals surface area (Å²) in [7, 11) is 0.